The molecule has 0 heterocycles. The maximum absolute atomic E-state index is 12.0. The molecule has 7 heteroatoms. The van der Waals surface area contributed by atoms with E-state index in [1.54, 1.807) is 12.1 Å². The summed E-state index contributed by atoms with van der Waals surface area (Å²) in [7, 11) is 0. The maximum Gasteiger partial charge on any atom is 1.00 e. The van der Waals surface area contributed by atoms with E-state index in [1.807, 2.05) is 0 Å². The van der Waals surface area contributed by atoms with Crippen LogP contribution in [0.15, 0.2) is 24.3 Å². The molecule has 2 N–H and O–H groups in total. The van der Waals surface area contributed by atoms with Crippen LogP contribution in [0.5, 0.6) is 11.5 Å². The second-order valence-electron chi connectivity index (χ2n) is 5.76. The first kappa shape index (κ1) is 24.5. The van der Waals surface area contributed by atoms with Gasteiger partial charge in [0.1, 0.15) is 12.3 Å². The van der Waals surface area contributed by atoms with Crippen LogP contribution in [0.3, 0.4) is 0 Å². The predicted octanol–water partition coefficient (Wildman–Crippen LogP) is -0.282. The van der Waals surface area contributed by atoms with Crippen molar-refractivity contribution in [3.63, 3.8) is 0 Å². The molecule has 1 amide bonds. The Bertz CT molecular complexity index is 589. The molecule has 0 saturated heterocycles. The monoisotopic (exact) mass is 371 g/mol. The largest absolute Gasteiger partial charge is 1.00 e. The smallest absolute Gasteiger partial charge is 0.872 e. The van der Waals surface area contributed by atoms with Crippen LogP contribution in [0.1, 0.15) is 51.0 Å². The standard InChI is InChI=1S/C19H27NO5.Na/c1-2-3-4-5-6-7-12-25-16-10-8-15(17(21)13-16)9-11-18(22)20-14-19(23)24;/h8-11,13,21H,2-7,12,14H2,1H3,(H,20,22)(H,23,24);/q;+1/p-1/b11-9+;. The van der Waals surface area contributed by atoms with Crippen molar-refractivity contribution in [1.29, 1.82) is 0 Å². The number of ether oxygens (including phenoxy) is 1. The van der Waals surface area contributed by atoms with E-state index in [1.165, 1.54) is 37.8 Å². The molecular formula is C19H26NNaO5. The Morgan fingerprint density at radius 1 is 1.19 bits per heavy atom. The number of rotatable bonds is 12. The van der Waals surface area contributed by atoms with Crippen molar-refractivity contribution in [2.75, 3.05) is 13.2 Å². The number of carboxylic acids is 1. The second kappa shape index (κ2) is 14.6. The van der Waals surface area contributed by atoms with Crippen LogP contribution in [-0.4, -0.2) is 30.1 Å². The van der Waals surface area contributed by atoms with Gasteiger partial charge in [0.05, 0.1) is 6.61 Å². The molecule has 0 aliphatic rings. The third-order valence-corrected chi connectivity index (χ3v) is 3.58. The maximum atomic E-state index is 12.0. The zero-order valence-electron chi connectivity index (χ0n) is 15.6. The second-order valence-corrected chi connectivity index (χ2v) is 5.76. The number of amides is 1. The SMILES string of the molecule is CCCCCCCCOc1ccc(/C=C/C(=O)NCC(=O)O)c([O-])c1.[Na+]. The van der Waals surface area contributed by atoms with Gasteiger partial charge in [-0.1, -0.05) is 56.9 Å². The van der Waals surface area contributed by atoms with Gasteiger partial charge in [0.15, 0.2) is 0 Å². The fourth-order valence-corrected chi connectivity index (χ4v) is 2.20. The molecule has 138 valence electrons. The van der Waals surface area contributed by atoms with Gasteiger partial charge < -0.3 is 20.3 Å². The molecule has 0 fully saturated rings. The zero-order chi connectivity index (χ0) is 18.5. The summed E-state index contributed by atoms with van der Waals surface area (Å²) in [6.45, 7) is 2.31. The molecule has 0 aliphatic heterocycles. The summed E-state index contributed by atoms with van der Waals surface area (Å²) in [4.78, 5) is 21.7. The molecule has 1 aromatic carbocycles. The molecule has 26 heavy (non-hydrogen) atoms. The first-order chi connectivity index (χ1) is 12.0. The molecule has 6 nitrogen and oxygen atoms in total. The van der Waals surface area contributed by atoms with Crippen LogP contribution < -0.4 is 44.7 Å². The summed E-state index contributed by atoms with van der Waals surface area (Å²) in [5.41, 5.74) is 0.345. The molecular weight excluding hydrogens is 345 g/mol. The molecule has 0 bridgehead atoms. The molecule has 1 aromatic rings. The summed E-state index contributed by atoms with van der Waals surface area (Å²) in [6, 6.07) is 4.67. The average molecular weight is 371 g/mol. The third-order valence-electron chi connectivity index (χ3n) is 3.58. The summed E-state index contributed by atoms with van der Waals surface area (Å²) >= 11 is 0. The van der Waals surface area contributed by atoms with Crippen molar-refractivity contribution in [2.45, 2.75) is 45.4 Å². The number of aliphatic carboxylic acids is 1. The number of unbranched alkanes of at least 4 members (excludes halogenated alkanes) is 5. The summed E-state index contributed by atoms with van der Waals surface area (Å²) < 4.78 is 5.57. The van der Waals surface area contributed by atoms with E-state index in [2.05, 4.69) is 12.2 Å². The number of hydrogen-bond acceptors (Lipinski definition) is 4. The fourth-order valence-electron chi connectivity index (χ4n) is 2.20. The Kier molecular flexibility index (Phi) is 13.8. The van der Waals surface area contributed by atoms with Gasteiger partial charge in [0, 0.05) is 6.08 Å². The van der Waals surface area contributed by atoms with Crippen molar-refractivity contribution >= 4 is 18.0 Å². The summed E-state index contributed by atoms with van der Waals surface area (Å²) in [5, 5.41) is 22.6. The summed E-state index contributed by atoms with van der Waals surface area (Å²) in [5.74, 6) is -1.42. The Morgan fingerprint density at radius 3 is 2.54 bits per heavy atom. The number of carboxylic acid groups (broad SMARTS) is 1. The first-order valence-electron chi connectivity index (χ1n) is 8.64. The van der Waals surface area contributed by atoms with E-state index in [0.717, 1.165) is 18.9 Å². The minimum Gasteiger partial charge on any atom is -0.872 e. The molecule has 1 rings (SSSR count). The van der Waals surface area contributed by atoms with Gasteiger partial charge in [-0.3, -0.25) is 9.59 Å². The number of benzene rings is 1. The number of carbonyl (C=O) groups excluding carboxylic acids is 1. The average Bonchev–Trinajstić information content (AvgIpc) is 2.58. The Balaban J connectivity index is 0.00000625. The van der Waals surface area contributed by atoms with Crippen LogP contribution in [0.25, 0.3) is 6.08 Å². The van der Waals surface area contributed by atoms with Crippen LogP contribution in [0.4, 0.5) is 0 Å². The van der Waals surface area contributed by atoms with E-state index in [9.17, 15) is 14.7 Å². The van der Waals surface area contributed by atoms with E-state index < -0.39 is 18.4 Å². The fraction of sp³-hybridized carbons (Fsp3) is 0.474. The minimum absolute atomic E-state index is 0. The van der Waals surface area contributed by atoms with Gasteiger partial charge in [0.2, 0.25) is 5.91 Å². The van der Waals surface area contributed by atoms with E-state index in [-0.39, 0.29) is 35.3 Å². The zero-order valence-corrected chi connectivity index (χ0v) is 17.6. The van der Waals surface area contributed by atoms with Crippen LogP contribution in [0, 0.1) is 0 Å². The van der Waals surface area contributed by atoms with Crippen molar-refractivity contribution in [2.24, 2.45) is 0 Å². The number of nitrogens with one attached hydrogen (secondary N) is 1. The van der Waals surface area contributed by atoms with Gasteiger partial charge in [-0.25, -0.2) is 0 Å². The summed E-state index contributed by atoms with van der Waals surface area (Å²) in [6.07, 6.45) is 9.53. The minimum atomic E-state index is -1.13. The normalized spacial score (nSPS) is 10.3. The van der Waals surface area contributed by atoms with Gasteiger partial charge in [0.25, 0.3) is 0 Å². The van der Waals surface area contributed by atoms with E-state index in [0.29, 0.717) is 17.9 Å². The van der Waals surface area contributed by atoms with E-state index >= 15 is 0 Å². The van der Waals surface area contributed by atoms with Crippen LogP contribution in [0.2, 0.25) is 0 Å². The number of carbonyl (C=O) groups is 2. The Morgan fingerprint density at radius 2 is 1.88 bits per heavy atom. The van der Waals surface area contributed by atoms with Crippen LogP contribution >= 0.6 is 0 Å². The van der Waals surface area contributed by atoms with Crippen LogP contribution in [-0.2, 0) is 9.59 Å². The topological polar surface area (TPSA) is 98.7 Å². The predicted molar refractivity (Wildman–Crippen MR) is 94.4 cm³/mol. The first-order valence-corrected chi connectivity index (χ1v) is 8.64. The van der Waals surface area contributed by atoms with E-state index in [4.69, 9.17) is 9.84 Å². The third kappa shape index (κ3) is 11.2. The molecule has 0 aromatic heterocycles. The molecule has 0 atom stereocenters. The van der Waals surface area contributed by atoms with Crippen molar-refractivity contribution in [3.05, 3.63) is 29.8 Å². The van der Waals surface area contributed by atoms with Crippen molar-refractivity contribution in [3.8, 4) is 11.5 Å². The molecule has 0 radical (unpaired) electrons. The Hall–Kier alpha value is -1.50. The van der Waals surface area contributed by atoms with Gasteiger partial charge in [-0.05, 0) is 24.1 Å². The molecule has 0 saturated carbocycles. The quantitative estimate of drug-likeness (QED) is 0.299. The van der Waals surface area contributed by atoms with Crippen molar-refractivity contribution < 1.29 is 54.1 Å². The molecule has 0 unspecified atom stereocenters. The van der Waals surface area contributed by atoms with Gasteiger partial charge >= 0.3 is 35.5 Å². The van der Waals surface area contributed by atoms with Gasteiger partial charge in [-0.2, -0.15) is 0 Å². The number of hydrogen-bond donors (Lipinski definition) is 2. The molecule has 0 spiro atoms. The Labute approximate surface area is 176 Å². The van der Waals surface area contributed by atoms with Crippen molar-refractivity contribution in [1.82, 2.24) is 5.32 Å². The van der Waals surface area contributed by atoms with Gasteiger partial charge in [-0.15, -0.1) is 0 Å². The molecule has 0 aliphatic carbocycles.